The van der Waals surface area contributed by atoms with Gasteiger partial charge in [0.25, 0.3) is 0 Å². The summed E-state index contributed by atoms with van der Waals surface area (Å²) in [4.78, 5) is 109. The molecule has 7 N–H and O–H groups in total. The molecule has 142 heavy (non-hydrogen) atoms. The predicted octanol–water partition coefficient (Wildman–Crippen LogP) is 22.6. The van der Waals surface area contributed by atoms with Gasteiger partial charge in [-0.2, -0.15) is 21.0 Å². The minimum Gasteiger partial charge on any atom is -0.390 e. The number of fused-ring (bicyclic) bond motifs is 8. The second-order valence-electron chi connectivity index (χ2n) is 42.4. The number of benzene rings is 6. The number of rotatable bonds is 22. The number of nitrogens with one attached hydrogen (secondary N) is 6. The number of ether oxygens (including phenoxy) is 1. The van der Waals surface area contributed by atoms with Gasteiger partial charge in [-0.15, -0.1) is 0 Å². The smallest absolute Gasteiger partial charge is 0.249 e. The molecular weight excluding hydrogens is 1800 g/mol. The van der Waals surface area contributed by atoms with Crippen LogP contribution < -0.4 is 31.9 Å². The van der Waals surface area contributed by atoms with Crippen LogP contribution in [-0.4, -0.2) is 122 Å². The Morgan fingerprint density at radius 3 is 1.03 bits per heavy atom. The second kappa shape index (κ2) is 41.1. The van der Waals surface area contributed by atoms with E-state index in [2.05, 4.69) is 128 Å². The number of nitrogens with zero attached hydrogens (tertiary/aromatic N) is 18. The van der Waals surface area contributed by atoms with Crippen molar-refractivity contribution in [1.82, 2.24) is 57.3 Å². The Kier molecular flexibility index (Phi) is 28.7. The number of aliphatic hydroxyl groups is 1. The van der Waals surface area contributed by atoms with Gasteiger partial charge in [-0.25, -0.2) is 48.4 Å². The highest BCUT2D eigenvalue weighted by Gasteiger charge is 2.52. The van der Waals surface area contributed by atoms with Crippen LogP contribution in [0.1, 0.15) is 294 Å². The van der Waals surface area contributed by atoms with Crippen LogP contribution in [0.4, 0.5) is 55.8 Å². The summed E-state index contributed by atoms with van der Waals surface area (Å²) in [6, 6.07) is 43.2. The van der Waals surface area contributed by atoms with Gasteiger partial charge in [-0.3, -0.25) is 60.7 Å². The lowest BCUT2D eigenvalue weighted by molar-refractivity contribution is -0.145. The zero-order valence-corrected chi connectivity index (χ0v) is 82.1. The first-order valence-corrected chi connectivity index (χ1v) is 50.0. The first-order valence-electron chi connectivity index (χ1n) is 50.0. The van der Waals surface area contributed by atoms with Gasteiger partial charge in [0.1, 0.15) is 0 Å². The quantitative estimate of drug-likeness (QED) is 0.0310. The molecule has 6 amide bonds. The van der Waals surface area contributed by atoms with Crippen molar-refractivity contribution in [3.63, 3.8) is 0 Å². The van der Waals surface area contributed by atoms with Crippen molar-refractivity contribution in [1.29, 1.82) is 21.0 Å². The Hall–Kier alpha value is -14.3. The van der Waals surface area contributed by atoms with E-state index in [9.17, 15) is 47.9 Å². The maximum absolute atomic E-state index is 13.0. The van der Waals surface area contributed by atoms with Crippen molar-refractivity contribution in [2.24, 2.45) is 46.8 Å². The molecule has 6 heterocycles. The third kappa shape index (κ3) is 21.6. The van der Waals surface area contributed by atoms with Crippen LogP contribution in [0.2, 0.25) is 0 Å². The van der Waals surface area contributed by atoms with Crippen molar-refractivity contribution < 1.29 is 47.4 Å². The van der Waals surface area contributed by atoms with E-state index in [0.717, 1.165) is 169 Å². The van der Waals surface area contributed by atoms with Gasteiger partial charge in [0, 0.05) is 79.9 Å². The molecule has 6 aromatic heterocycles. The molecule has 5 atom stereocenters. The highest BCUT2D eigenvalue weighted by atomic mass is 19.3. The fourth-order valence-corrected chi connectivity index (χ4v) is 20.2. The van der Waals surface area contributed by atoms with Crippen LogP contribution in [0.25, 0.3) is 75.9 Å². The lowest BCUT2D eigenvalue weighted by Crippen LogP contribution is -2.42. The maximum Gasteiger partial charge on any atom is 0.249 e. The highest BCUT2D eigenvalue weighted by molar-refractivity contribution is 5.99. The van der Waals surface area contributed by atoms with Crippen LogP contribution in [0.5, 0.6) is 0 Å². The van der Waals surface area contributed by atoms with E-state index in [1.807, 2.05) is 104 Å². The van der Waals surface area contributed by atoms with Gasteiger partial charge in [-0.1, -0.05) is 53.2 Å². The number of methoxy groups -OCH3 is 1. The van der Waals surface area contributed by atoms with Crippen LogP contribution >= 0.6 is 0 Å². The third-order valence-electron chi connectivity index (χ3n) is 30.5. The monoisotopic (exact) mass is 1920 g/mol. The number of imidazole rings is 6. The molecule has 10 saturated carbocycles. The van der Waals surface area contributed by atoms with Crippen LogP contribution in [0, 0.1) is 105 Å². The van der Waals surface area contributed by atoms with Gasteiger partial charge in [0.05, 0.1) is 150 Å². The van der Waals surface area contributed by atoms with Crippen LogP contribution in [0.15, 0.2) is 109 Å². The number of carbonyl (C=O) groups excluding carboxylic acids is 6. The summed E-state index contributed by atoms with van der Waals surface area (Å²) in [7, 11) is 1.60. The first-order chi connectivity index (χ1) is 68.0. The number of carbonyl (C=O) groups is 6. The van der Waals surface area contributed by atoms with Crippen molar-refractivity contribution >= 4 is 149 Å². The Morgan fingerprint density at radius 2 is 0.754 bits per heavy atom. The Balaban J connectivity index is 0.000000117. The number of hydrogen-bond donors (Lipinski definition) is 7. The zero-order chi connectivity index (χ0) is 101. The molecule has 0 aliphatic heterocycles. The van der Waals surface area contributed by atoms with Crippen molar-refractivity contribution in [2.45, 2.75) is 289 Å². The number of alkyl halides is 2. The van der Waals surface area contributed by atoms with E-state index < -0.39 is 41.8 Å². The van der Waals surface area contributed by atoms with Gasteiger partial charge < -0.3 is 37.2 Å². The molecule has 6 aromatic carbocycles. The number of aromatic nitrogens is 12. The highest BCUT2D eigenvalue weighted by Crippen LogP contribution is 2.54. The standard InChI is InChI=1S/C20H22N4O.C18H22N4O2.C18H20N4O.C18H22N4O.C17H16F2N4O.C17H20N4O2/c21-11-13-5-7-17-18(10-13)24(15-2-1-3-15)20(22-17)23-19(25)16-9-12-4-6-14(16)8-12;1-18(2,24-3)10-16(23)21-17-20-14-8-7-12(11-19)9-15(14)22(17)13-5-4-6-13;1-18(2)9-13(18)16(23)21-17-20-14-7-6-11(10-19)8-15(14)22(17)12-4-3-5-12;1-11(2)12(3)17(23)21-18-20-15-9-8-13(19-4)10-16(15)22(18)14-6-5-7-14;18-17(19)7-11(8-17)15(24)22-16-21-13-5-4-10(9-20)6-14(13)23(16)12-2-1-3-12;1-17(2,23)10-15(22)20-16-19-13-8-7-11(18-3)9-14(13)21(16)12-5-4-6-12/h5,7,10,12,14-16H,1-4,6,8-9H2,(H,22,23,25);7-9,13H,4-6,10H2,1-3H3,(H,20,21,23);6-8,12-13H,3-5,9H2,1-2H3,(H,20,21,23);8-12,14H,5-7H2,1-3H3,(H,20,21,23);4-6,11-12H,1-3,7-8H2,(H,21,22,24);7-9,12,23H,4-6,10H2,1-2H3,(H,19,20,22)/t;;13-;12-;;/m..10../s1. The lowest BCUT2D eigenvalue weighted by atomic mass is 9.81. The molecule has 736 valence electrons. The number of halogens is 2. The number of anilines is 6. The van der Waals surface area contributed by atoms with Crippen molar-refractivity contribution in [3.05, 3.63) is 154 Å². The van der Waals surface area contributed by atoms with Gasteiger partial charge in [-0.05, 0) is 289 Å². The Labute approximate surface area is 823 Å². The number of amides is 6. The van der Waals surface area contributed by atoms with E-state index in [0.29, 0.717) is 111 Å². The molecule has 32 nitrogen and oxygen atoms in total. The summed E-state index contributed by atoms with van der Waals surface area (Å²) in [6.45, 7) is 31.6. The fraction of sp³-hybridized carbons (Fsp3) is 0.500. The molecule has 10 fully saturated rings. The number of hydrogen-bond acceptors (Lipinski definition) is 18. The molecule has 0 saturated heterocycles. The molecule has 10 aliphatic carbocycles. The fourth-order valence-electron chi connectivity index (χ4n) is 20.2. The van der Waals surface area contributed by atoms with Crippen molar-refractivity contribution in [3.8, 4) is 24.3 Å². The van der Waals surface area contributed by atoms with Gasteiger partial charge in [0.15, 0.2) is 11.4 Å². The molecule has 0 radical (unpaired) electrons. The lowest BCUT2D eigenvalue weighted by Gasteiger charge is -2.34. The Morgan fingerprint density at radius 1 is 0.444 bits per heavy atom. The van der Waals surface area contributed by atoms with E-state index >= 15 is 0 Å². The summed E-state index contributed by atoms with van der Waals surface area (Å²) in [5.41, 5.74) is 12.3. The Bertz CT molecular complexity index is 7020. The molecule has 10 aliphatic rings. The largest absolute Gasteiger partial charge is 0.390 e. The van der Waals surface area contributed by atoms with E-state index in [4.69, 9.17) is 33.7 Å². The SMILES string of the molecule is CC1(C)C[C@@H]1C(=O)Nc1nc2ccc(C#N)cc2n1C1CCC1.COC(C)(C)CC(=O)Nc1nc2ccc(C#N)cc2n1C1CCC1.N#Cc1ccc2nc(NC(=O)C3CC(F)(F)C3)n(C3CCC3)c2c1.N#Cc1ccc2nc(NC(=O)C3CC4CCC3C4)n(C3CCC3)c2c1.[C-]#[N+]c1ccc2nc(NC(=O)CC(C)(C)O)n(C3CCC3)c2c1.[C-]#[N+]c1ccc2nc(NC(=O)[C@@H](C)C(C)C)n(C3CCC3)c2c1. The van der Waals surface area contributed by atoms with E-state index in [1.165, 1.54) is 44.9 Å². The van der Waals surface area contributed by atoms with E-state index in [1.54, 1.807) is 69.5 Å². The average Bonchev–Trinajstić information content (AvgIpc) is 1.61. The van der Waals surface area contributed by atoms with Crippen molar-refractivity contribution in [2.75, 3.05) is 39.0 Å². The molecule has 0 spiro atoms. The molecule has 2 bridgehead atoms. The first kappa shape index (κ1) is 99.3. The molecule has 3 unspecified atom stereocenters. The van der Waals surface area contributed by atoms with E-state index in [-0.39, 0.29) is 77.5 Å². The molecule has 12 aromatic rings. The average molecular weight is 1920 g/mol. The summed E-state index contributed by atoms with van der Waals surface area (Å²) in [6.07, 6.45) is 25.0. The number of nitriles is 4. The predicted molar refractivity (Wildman–Crippen MR) is 538 cm³/mol. The summed E-state index contributed by atoms with van der Waals surface area (Å²) < 4.78 is 43.7. The normalized spacial score (nSPS) is 19.6. The van der Waals surface area contributed by atoms with Crippen LogP contribution in [0.3, 0.4) is 0 Å². The second-order valence-corrected chi connectivity index (χ2v) is 42.4. The summed E-state index contributed by atoms with van der Waals surface area (Å²) in [5.74, 6) is 1.16. The molecule has 22 rings (SSSR count). The topological polar surface area (TPSA) is 415 Å². The third-order valence-corrected chi connectivity index (χ3v) is 30.5. The minimum atomic E-state index is -2.72. The molecular formula is C108H122F2N24O8. The zero-order valence-electron chi connectivity index (χ0n) is 82.1. The van der Waals surface area contributed by atoms with Gasteiger partial charge >= 0.3 is 0 Å². The van der Waals surface area contributed by atoms with Gasteiger partial charge in [0.2, 0.25) is 77.1 Å². The van der Waals surface area contributed by atoms with Crippen LogP contribution in [-0.2, 0) is 33.5 Å². The summed E-state index contributed by atoms with van der Waals surface area (Å²) in [5, 5.41) is 64.0. The summed E-state index contributed by atoms with van der Waals surface area (Å²) >= 11 is 0. The maximum atomic E-state index is 13.0. The minimum absolute atomic E-state index is 0.00119. The molecule has 34 heteroatoms.